The molecule has 2 aromatic carbocycles. The third kappa shape index (κ3) is 4.06. The molecule has 2 aromatic rings. The van der Waals surface area contributed by atoms with Crippen molar-refractivity contribution in [3.63, 3.8) is 0 Å². The van der Waals surface area contributed by atoms with Gasteiger partial charge in [0.05, 0.1) is 13.7 Å². The Hall–Kier alpha value is -2.24. The summed E-state index contributed by atoms with van der Waals surface area (Å²) in [6.07, 6.45) is -0.376. The van der Waals surface area contributed by atoms with E-state index in [1.165, 1.54) is 0 Å². The van der Waals surface area contributed by atoms with E-state index in [1.54, 1.807) is 14.2 Å². The van der Waals surface area contributed by atoms with Gasteiger partial charge in [-0.25, -0.2) is 0 Å². The van der Waals surface area contributed by atoms with Crippen LogP contribution >= 0.6 is 0 Å². The first-order valence-electron chi connectivity index (χ1n) is 8.37. The van der Waals surface area contributed by atoms with Gasteiger partial charge in [0.15, 0.2) is 17.1 Å². The minimum Gasteiger partial charge on any atom is -0.496 e. The Balaban J connectivity index is 2.54. The molecule has 0 heterocycles. The standard InChI is InChI=1S/C20H27NO4/c1-5-24-17-12-8-9-13-18(17)25-20(2,19(14-21)23-4)15-10-6-7-11-16(15)22-3/h6-13,19H,5,14,21H2,1-4H3. The van der Waals surface area contributed by atoms with Gasteiger partial charge in [-0.3, -0.25) is 0 Å². The van der Waals surface area contributed by atoms with E-state index in [4.69, 9.17) is 24.7 Å². The smallest absolute Gasteiger partial charge is 0.162 e. The van der Waals surface area contributed by atoms with Crippen molar-refractivity contribution in [2.45, 2.75) is 25.6 Å². The molecule has 0 radical (unpaired) electrons. The lowest BCUT2D eigenvalue weighted by Gasteiger charge is -2.38. The second-order valence-corrected chi connectivity index (χ2v) is 5.75. The van der Waals surface area contributed by atoms with Crippen LogP contribution in [0.15, 0.2) is 48.5 Å². The van der Waals surface area contributed by atoms with Gasteiger partial charge in [-0.15, -0.1) is 0 Å². The molecule has 0 bridgehead atoms. The van der Waals surface area contributed by atoms with E-state index in [0.29, 0.717) is 24.7 Å². The zero-order valence-corrected chi connectivity index (χ0v) is 15.3. The van der Waals surface area contributed by atoms with Crippen molar-refractivity contribution in [3.05, 3.63) is 54.1 Å². The van der Waals surface area contributed by atoms with Gasteiger partial charge in [0.25, 0.3) is 0 Å². The average molecular weight is 345 g/mol. The Kier molecular flexibility index (Phi) is 6.67. The molecule has 0 spiro atoms. The van der Waals surface area contributed by atoms with Gasteiger partial charge in [-0.1, -0.05) is 30.3 Å². The largest absolute Gasteiger partial charge is 0.496 e. The van der Waals surface area contributed by atoms with Crippen LogP contribution in [0.1, 0.15) is 19.4 Å². The van der Waals surface area contributed by atoms with E-state index in [0.717, 1.165) is 11.3 Å². The van der Waals surface area contributed by atoms with E-state index in [1.807, 2.05) is 62.4 Å². The zero-order chi connectivity index (χ0) is 18.3. The summed E-state index contributed by atoms with van der Waals surface area (Å²) in [5.41, 5.74) is 5.98. The van der Waals surface area contributed by atoms with Crippen molar-refractivity contribution < 1.29 is 18.9 Å². The van der Waals surface area contributed by atoms with Gasteiger partial charge in [0.1, 0.15) is 11.9 Å². The first kappa shape index (κ1) is 19.1. The summed E-state index contributed by atoms with van der Waals surface area (Å²) < 4.78 is 23.3. The normalized spacial score (nSPS) is 14.4. The topological polar surface area (TPSA) is 62.9 Å². The molecule has 5 nitrogen and oxygen atoms in total. The maximum absolute atomic E-state index is 6.45. The summed E-state index contributed by atoms with van der Waals surface area (Å²) in [4.78, 5) is 0. The predicted molar refractivity (Wildman–Crippen MR) is 98.4 cm³/mol. The highest BCUT2D eigenvalue weighted by molar-refractivity contribution is 5.44. The minimum atomic E-state index is -0.858. The van der Waals surface area contributed by atoms with Crippen molar-refractivity contribution >= 4 is 0 Å². The van der Waals surface area contributed by atoms with Crippen LogP contribution < -0.4 is 19.9 Å². The van der Waals surface area contributed by atoms with Crippen molar-refractivity contribution in [2.24, 2.45) is 5.73 Å². The molecule has 2 unspecified atom stereocenters. The molecule has 2 N–H and O–H groups in total. The first-order valence-corrected chi connectivity index (χ1v) is 8.37. The highest BCUT2D eigenvalue weighted by Gasteiger charge is 2.41. The molecular formula is C20H27NO4. The fraction of sp³-hybridized carbons (Fsp3) is 0.400. The number of benzene rings is 2. The summed E-state index contributed by atoms with van der Waals surface area (Å²) in [6.45, 7) is 4.74. The van der Waals surface area contributed by atoms with Crippen LogP contribution in [0.25, 0.3) is 0 Å². The van der Waals surface area contributed by atoms with Crippen molar-refractivity contribution in [1.82, 2.24) is 0 Å². The van der Waals surface area contributed by atoms with E-state index in [2.05, 4.69) is 0 Å². The molecule has 0 saturated carbocycles. The molecule has 0 aliphatic carbocycles. The molecule has 0 fully saturated rings. The third-order valence-electron chi connectivity index (χ3n) is 4.23. The Morgan fingerprint density at radius 3 is 2.12 bits per heavy atom. The number of ether oxygens (including phenoxy) is 4. The fourth-order valence-corrected chi connectivity index (χ4v) is 2.93. The SMILES string of the molecule is CCOc1ccccc1OC(C)(c1ccccc1OC)C(CN)OC. The molecule has 0 saturated heterocycles. The summed E-state index contributed by atoms with van der Waals surface area (Å²) in [6, 6.07) is 15.3. The summed E-state index contributed by atoms with van der Waals surface area (Å²) in [5, 5.41) is 0. The molecule has 0 aliphatic rings. The fourth-order valence-electron chi connectivity index (χ4n) is 2.93. The number of para-hydroxylation sites is 3. The first-order chi connectivity index (χ1) is 12.1. The molecule has 0 amide bonds. The van der Waals surface area contributed by atoms with Crippen LogP contribution in [-0.4, -0.2) is 33.5 Å². The molecule has 0 aliphatic heterocycles. The Bertz CT molecular complexity index is 672. The van der Waals surface area contributed by atoms with Crippen molar-refractivity contribution in [1.29, 1.82) is 0 Å². The van der Waals surface area contributed by atoms with Crippen LogP contribution in [0.2, 0.25) is 0 Å². The zero-order valence-electron chi connectivity index (χ0n) is 15.3. The highest BCUT2D eigenvalue weighted by atomic mass is 16.6. The van der Waals surface area contributed by atoms with Crippen LogP contribution in [-0.2, 0) is 10.3 Å². The highest BCUT2D eigenvalue weighted by Crippen LogP contribution is 2.40. The Morgan fingerprint density at radius 2 is 1.56 bits per heavy atom. The number of hydrogen-bond acceptors (Lipinski definition) is 5. The summed E-state index contributed by atoms with van der Waals surface area (Å²) in [5.74, 6) is 2.03. The lowest BCUT2D eigenvalue weighted by atomic mass is 9.88. The number of hydrogen-bond donors (Lipinski definition) is 1. The number of rotatable bonds is 9. The molecule has 2 rings (SSSR count). The summed E-state index contributed by atoms with van der Waals surface area (Å²) >= 11 is 0. The van der Waals surface area contributed by atoms with Crippen LogP contribution in [0.4, 0.5) is 0 Å². The van der Waals surface area contributed by atoms with Gasteiger partial charge in [0.2, 0.25) is 0 Å². The lowest BCUT2D eigenvalue weighted by molar-refractivity contribution is -0.0658. The van der Waals surface area contributed by atoms with E-state index in [9.17, 15) is 0 Å². The van der Waals surface area contributed by atoms with E-state index < -0.39 is 5.60 Å². The predicted octanol–water partition coefficient (Wildman–Crippen LogP) is 3.36. The quantitative estimate of drug-likeness (QED) is 0.755. The second-order valence-electron chi connectivity index (χ2n) is 5.75. The molecule has 25 heavy (non-hydrogen) atoms. The van der Waals surface area contributed by atoms with Gasteiger partial charge >= 0.3 is 0 Å². The van der Waals surface area contributed by atoms with Crippen LogP contribution in [0, 0.1) is 0 Å². The van der Waals surface area contributed by atoms with Crippen LogP contribution in [0.5, 0.6) is 17.2 Å². The number of methoxy groups -OCH3 is 2. The van der Waals surface area contributed by atoms with Crippen molar-refractivity contribution in [2.75, 3.05) is 27.4 Å². The third-order valence-corrected chi connectivity index (χ3v) is 4.23. The minimum absolute atomic E-state index is 0.294. The lowest BCUT2D eigenvalue weighted by Crippen LogP contribution is -2.47. The van der Waals surface area contributed by atoms with Crippen molar-refractivity contribution in [3.8, 4) is 17.2 Å². The Morgan fingerprint density at radius 1 is 0.960 bits per heavy atom. The summed E-state index contributed by atoms with van der Waals surface area (Å²) in [7, 11) is 3.26. The average Bonchev–Trinajstić information content (AvgIpc) is 2.64. The van der Waals surface area contributed by atoms with E-state index >= 15 is 0 Å². The monoisotopic (exact) mass is 345 g/mol. The Labute approximate surface area is 149 Å². The maximum atomic E-state index is 6.45. The van der Waals surface area contributed by atoms with E-state index in [-0.39, 0.29) is 6.10 Å². The van der Waals surface area contributed by atoms with Gasteiger partial charge < -0.3 is 24.7 Å². The van der Waals surface area contributed by atoms with Gasteiger partial charge in [-0.05, 0) is 32.0 Å². The molecule has 136 valence electrons. The molecule has 2 atom stereocenters. The molecule has 0 aromatic heterocycles. The second kappa shape index (κ2) is 8.74. The molecule has 5 heteroatoms. The number of nitrogens with two attached hydrogens (primary N) is 1. The van der Waals surface area contributed by atoms with Gasteiger partial charge in [-0.2, -0.15) is 0 Å². The van der Waals surface area contributed by atoms with Gasteiger partial charge in [0, 0.05) is 19.2 Å². The van der Waals surface area contributed by atoms with Crippen LogP contribution in [0.3, 0.4) is 0 Å². The molecular weight excluding hydrogens is 318 g/mol. The maximum Gasteiger partial charge on any atom is 0.162 e.